The van der Waals surface area contributed by atoms with E-state index in [4.69, 9.17) is 5.11 Å². The van der Waals surface area contributed by atoms with Crippen molar-refractivity contribution in [1.82, 2.24) is 0 Å². The van der Waals surface area contributed by atoms with Crippen molar-refractivity contribution in [2.24, 2.45) is 0 Å². The molecule has 0 saturated heterocycles. The van der Waals surface area contributed by atoms with Gasteiger partial charge in [-0.1, -0.05) is 6.58 Å². The molecule has 5 N–H and O–H groups in total. The van der Waals surface area contributed by atoms with Gasteiger partial charge in [0.15, 0.2) is 11.5 Å². The molecular weight excluding hydrogens is 242 g/mol. The van der Waals surface area contributed by atoms with Crippen molar-refractivity contribution >= 4 is 17.6 Å². The zero-order valence-corrected chi connectivity index (χ0v) is 9.39. The van der Waals surface area contributed by atoms with Crippen molar-refractivity contribution in [3.63, 3.8) is 0 Å². The third-order valence-electron chi connectivity index (χ3n) is 2.10. The minimum absolute atomic E-state index is 0.110. The smallest absolute Gasteiger partial charge is 0.341 e. The van der Waals surface area contributed by atoms with Gasteiger partial charge in [-0.3, -0.25) is 4.79 Å². The Balaban J connectivity index is 3.39. The van der Waals surface area contributed by atoms with Crippen molar-refractivity contribution < 1.29 is 30.0 Å². The quantitative estimate of drug-likeness (QED) is 0.311. The van der Waals surface area contributed by atoms with Crippen molar-refractivity contribution in [2.45, 2.75) is 6.92 Å². The van der Waals surface area contributed by atoms with Crippen LogP contribution in [-0.4, -0.2) is 32.3 Å². The third-order valence-corrected chi connectivity index (χ3v) is 2.10. The molecule has 0 radical (unpaired) electrons. The van der Waals surface area contributed by atoms with Crippen LogP contribution < -0.4 is 5.32 Å². The highest BCUT2D eigenvalue weighted by Crippen LogP contribution is 2.41. The lowest BCUT2D eigenvalue weighted by molar-refractivity contribution is -0.112. The largest absolute Gasteiger partial charge is 0.504 e. The topological polar surface area (TPSA) is 127 Å². The maximum Gasteiger partial charge on any atom is 0.341 e. The van der Waals surface area contributed by atoms with Gasteiger partial charge in [0, 0.05) is 11.6 Å². The molecule has 0 atom stereocenters. The number of carbonyl (C=O) groups is 2. The number of carboxylic acids is 1. The molecule has 1 aromatic carbocycles. The average Bonchev–Trinajstić information content (AvgIpc) is 2.25. The first-order valence-corrected chi connectivity index (χ1v) is 4.73. The Morgan fingerprint density at radius 3 is 2.22 bits per heavy atom. The van der Waals surface area contributed by atoms with Crippen LogP contribution >= 0.6 is 0 Å². The summed E-state index contributed by atoms with van der Waals surface area (Å²) in [6.07, 6.45) is 0. The maximum absolute atomic E-state index is 11.4. The van der Waals surface area contributed by atoms with E-state index in [0.717, 1.165) is 6.07 Å². The van der Waals surface area contributed by atoms with Gasteiger partial charge in [0.2, 0.25) is 5.75 Å². The number of benzene rings is 1. The fourth-order valence-electron chi connectivity index (χ4n) is 1.19. The van der Waals surface area contributed by atoms with Crippen LogP contribution in [0.25, 0.3) is 0 Å². The second kappa shape index (κ2) is 4.66. The molecule has 0 aromatic heterocycles. The second-order valence-electron chi connectivity index (χ2n) is 3.56. The van der Waals surface area contributed by atoms with E-state index in [1.54, 1.807) is 0 Å². The van der Waals surface area contributed by atoms with Gasteiger partial charge in [-0.05, 0) is 6.92 Å². The minimum atomic E-state index is -1.57. The minimum Gasteiger partial charge on any atom is -0.504 e. The molecule has 18 heavy (non-hydrogen) atoms. The normalized spacial score (nSPS) is 9.83. The van der Waals surface area contributed by atoms with Gasteiger partial charge < -0.3 is 25.7 Å². The number of aromatic hydroxyl groups is 3. The van der Waals surface area contributed by atoms with Crippen molar-refractivity contribution in [3.05, 3.63) is 23.8 Å². The van der Waals surface area contributed by atoms with Crippen LogP contribution in [0.5, 0.6) is 17.2 Å². The van der Waals surface area contributed by atoms with Gasteiger partial charge in [-0.25, -0.2) is 4.79 Å². The third kappa shape index (κ3) is 2.34. The van der Waals surface area contributed by atoms with Gasteiger partial charge in [0.1, 0.15) is 5.56 Å². The number of carbonyl (C=O) groups excluding carboxylic acids is 1. The number of anilines is 1. The highest BCUT2D eigenvalue weighted by molar-refractivity contribution is 6.08. The van der Waals surface area contributed by atoms with E-state index < -0.39 is 34.7 Å². The second-order valence-corrected chi connectivity index (χ2v) is 3.56. The lowest BCUT2D eigenvalue weighted by Gasteiger charge is -2.12. The molecule has 0 aliphatic heterocycles. The van der Waals surface area contributed by atoms with Gasteiger partial charge in [-0.15, -0.1) is 0 Å². The zero-order chi connectivity index (χ0) is 14.0. The van der Waals surface area contributed by atoms with Crippen LogP contribution in [0.15, 0.2) is 18.2 Å². The molecule has 0 aliphatic carbocycles. The molecule has 7 heteroatoms. The standard InChI is InChI=1S/C11H11NO6/c1-4(2)10(16)12-5-3-6(13)8(14)9(15)7(5)11(17)18/h3,13-15H,1H2,2H3,(H,12,16)(H,17,18). The summed E-state index contributed by atoms with van der Waals surface area (Å²) in [6, 6.07) is 0.819. The Kier molecular flexibility index (Phi) is 3.46. The van der Waals surface area contributed by atoms with Crippen LogP contribution in [-0.2, 0) is 4.79 Å². The summed E-state index contributed by atoms with van der Waals surface area (Å²) in [7, 11) is 0. The van der Waals surface area contributed by atoms with Gasteiger partial charge in [0.25, 0.3) is 5.91 Å². The fraction of sp³-hybridized carbons (Fsp3) is 0.0909. The molecule has 0 bridgehead atoms. The first-order chi connectivity index (χ1) is 8.25. The van der Waals surface area contributed by atoms with E-state index in [0.29, 0.717) is 0 Å². The Hall–Kier alpha value is -2.70. The Bertz CT molecular complexity index is 549. The first-order valence-electron chi connectivity index (χ1n) is 4.73. The number of phenols is 3. The predicted molar refractivity (Wildman–Crippen MR) is 61.8 cm³/mol. The summed E-state index contributed by atoms with van der Waals surface area (Å²) in [5.41, 5.74) is -0.957. The number of nitrogens with one attached hydrogen (secondary N) is 1. The molecule has 0 spiro atoms. The highest BCUT2D eigenvalue weighted by Gasteiger charge is 2.23. The van der Waals surface area contributed by atoms with E-state index in [1.807, 2.05) is 0 Å². The Morgan fingerprint density at radius 2 is 1.78 bits per heavy atom. The first kappa shape index (κ1) is 13.4. The molecule has 0 aliphatic rings. The summed E-state index contributed by atoms with van der Waals surface area (Å²) in [5, 5.41) is 38.9. The summed E-state index contributed by atoms with van der Waals surface area (Å²) in [6.45, 7) is 4.75. The monoisotopic (exact) mass is 253 g/mol. The van der Waals surface area contributed by atoms with E-state index in [-0.39, 0.29) is 11.3 Å². The number of carboxylic acid groups (broad SMARTS) is 1. The number of phenolic OH excluding ortho intramolecular Hbond substituents is 2. The predicted octanol–water partition coefficient (Wildman–Crippen LogP) is 1.02. The maximum atomic E-state index is 11.4. The Labute approximate surface area is 102 Å². The van der Waals surface area contributed by atoms with Crippen molar-refractivity contribution in [2.75, 3.05) is 5.32 Å². The summed E-state index contributed by atoms with van der Waals surface area (Å²) in [4.78, 5) is 22.3. The van der Waals surface area contributed by atoms with Crippen LogP contribution in [0.1, 0.15) is 17.3 Å². The SMILES string of the molecule is C=C(C)C(=O)Nc1cc(O)c(O)c(O)c1C(=O)O. The van der Waals surface area contributed by atoms with Crippen molar-refractivity contribution in [1.29, 1.82) is 0 Å². The summed E-state index contributed by atoms with van der Waals surface area (Å²) >= 11 is 0. The Morgan fingerprint density at radius 1 is 1.22 bits per heavy atom. The highest BCUT2D eigenvalue weighted by atomic mass is 16.4. The number of hydrogen-bond donors (Lipinski definition) is 5. The van der Waals surface area contributed by atoms with Gasteiger partial charge >= 0.3 is 5.97 Å². The average molecular weight is 253 g/mol. The van der Waals surface area contributed by atoms with Crippen LogP contribution in [0.3, 0.4) is 0 Å². The molecular formula is C11H11NO6. The zero-order valence-electron chi connectivity index (χ0n) is 9.39. The molecule has 0 fully saturated rings. The van der Waals surface area contributed by atoms with Gasteiger partial charge in [-0.2, -0.15) is 0 Å². The fourth-order valence-corrected chi connectivity index (χ4v) is 1.19. The van der Waals surface area contributed by atoms with E-state index in [9.17, 15) is 24.9 Å². The number of rotatable bonds is 3. The van der Waals surface area contributed by atoms with E-state index in [1.165, 1.54) is 6.92 Å². The van der Waals surface area contributed by atoms with E-state index >= 15 is 0 Å². The molecule has 0 saturated carbocycles. The molecule has 1 aromatic rings. The van der Waals surface area contributed by atoms with E-state index in [2.05, 4.69) is 11.9 Å². The van der Waals surface area contributed by atoms with Crippen molar-refractivity contribution in [3.8, 4) is 17.2 Å². The molecule has 7 nitrogen and oxygen atoms in total. The lowest BCUT2D eigenvalue weighted by atomic mass is 10.1. The lowest BCUT2D eigenvalue weighted by Crippen LogP contribution is -2.15. The van der Waals surface area contributed by atoms with Gasteiger partial charge in [0.05, 0.1) is 5.69 Å². The summed E-state index contributed by atoms with van der Waals surface area (Å²) in [5.74, 6) is -5.00. The number of amides is 1. The molecule has 1 amide bonds. The van der Waals surface area contributed by atoms with Crippen LogP contribution in [0, 0.1) is 0 Å². The molecule has 1 rings (SSSR count). The van der Waals surface area contributed by atoms with Crippen LogP contribution in [0.4, 0.5) is 5.69 Å². The summed E-state index contributed by atoms with van der Waals surface area (Å²) < 4.78 is 0. The number of aromatic carboxylic acids is 1. The molecule has 0 heterocycles. The van der Waals surface area contributed by atoms with Crippen LogP contribution in [0.2, 0.25) is 0 Å². The molecule has 96 valence electrons. The molecule has 0 unspecified atom stereocenters. The number of hydrogen-bond acceptors (Lipinski definition) is 5.